The molecule has 0 bridgehead atoms. The first-order chi connectivity index (χ1) is 5.38. The normalized spacial score (nSPS) is 13.8. The van der Waals surface area contributed by atoms with E-state index in [1.54, 1.807) is 6.92 Å². The van der Waals surface area contributed by atoms with Crippen molar-refractivity contribution in [1.29, 1.82) is 0 Å². The standard InChI is InChI=1S/C9H17O3/c1-6-11-8(10)12-7(2)9(3,4)5/h6-7H,1-5H3. The summed E-state index contributed by atoms with van der Waals surface area (Å²) in [7, 11) is 0. The number of carbonyl (C=O) groups excluding carboxylic acids is 1. The van der Waals surface area contributed by atoms with Crippen molar-refractivity contribution in [3.05, 3.63) is 6.61 Å². The Kier molecular flexibility index (Phi) is 4.07. The highest BCUT2D eigenvalue weighted by atomic mass is 16.7. The van der Waals surface area contributed by atoms with Crippen molar-refractivity contribution < 1.29 is 14.3 Å². The van der Waals surface area contributed by atoms with Crippen LogP contribution in [0.4, 0.5) is 4.79 Å². The number of carbonyl (C=O) groups is 1. The molecule has 3 heteroatoms. The minimum Gasteiger partial charge on any atom is -0.431 e. The highest BCUT2D eigenvalue weighted by Gasteiger charge is 2.24. The Morgan fingerprint density at radius 2 is 1.92 bits per heavy atom. The maximum atomic E-state index is 10.8. The number of rotatable bonds is 2. The van der Waals surface area contributed by atoms with Gasteiger partial charge in [-0.25, -0.2) is 4.79 Å². The Balaban J connectivity index is 3.84. The van der Waals surface area contributed by atoms with Gasteiger partial charge in [-0.3, -0.25) is 0 Å². The second kappa shape index (κ2) is 4.33. The molecule has 0 N–H and O–H groups in total. The van der Waals surface area contributed by atoms with Crippen molar-refractivity contribution in [2.75, 3.05) is 0 Å². The molecule has 0 heterocycles. The highest BCUT2D eigenvalue weighted by molar-refractivity contribution is 5.60. The Hall–Kier alpha value is -0.730. The Labute approximate surface area is 74.0 Å². The van der Waals surface area contributed by atoms with Gasteiger partial charge in [-0.1, -0.05) is 20.8 Å². The van der Waals surface area contributed by atoms with Crippen LogP contribution in [0.25, 0.3) is 0 Å². The third-order valence-electron chi connectivity index (χ3n) is 1.71. The van der Waals surface area contributed by atoms with Crippen LogP contribution in [-0.2, 0) is 9.47 Å². The fourth-order valence-electron chi connectivity index (χ4n) is 0.445. The summed E-state index contributed by atoms with van der Waals surface area (Å²) in [5, 5.41) is 0. The average Bonchev–Trinajstić information content (AvgIpc) is 1.85. The summed E-state index contributed by atoms with van der Waals surface area (Å²) >= 11 is 0. The zero-order valence-corrected chi connectivity index (χ0v) is 8.38. The SMILES string of the molecule is C[CH]OC(=O)OC(C)C(C)(C)C. The van der Waals surface area contributed by atoms with E-state index in [0.29, 0.717) is 0 Å². The van der Waals surface area contributed by atoms with E-state index in [9.17, 15) is 4.79 Å². The molecule has 0 rings (SSSR count). The molecule has 0 aliphatic heterocycles. The zero-order chi connectivity index (χ0) is 9.78. The number of hydrogen-bond donors (Lipinski definition) is 0. The van der Waals surface area contributed by atoms with Crippen LogP contribution in [-0.4, -0.2) is 12.3 Å². The quantitative estimate of drug-likeness (QED) is 0.602. The molecule has 0 aromatic carbocycles. The average molecular weight is 173 g/mol. The van der Waals surface area contributed by atoms with E-state index in [4.69, 9.17) is 4.74 Å². The molecule has 0 aliphatic rings. The second-order valence-electron chi connectivity index (χ2n) is 3.73. The largest absolute Gasteiger partial charge is 0.508 e. The predicted octanol–water partition coefficient (Wildman–Crippen LogP) is 2.76. The molecule has 1 atom stereocenters. The predicted molar refractivity (Wildman–Crippen MR) is 46.5 cm³/mol. The first-order valence-corrected chi connectivity index (χ1v) is 4.03. The summed E-state index contributed by atoms with van der Waals surface area (Å²) in [6, 6.07) is 0. The summed E-state index contributed by atoms with van der Waals surface area (Å²) in [4.78, 5) is 10.8. The molecule has 1 radical (unpaired) electrons. The van der Waals surface area contributed by atoms with Gasteiger partial charge in [-0.15, -0.1) is 0 Å². The van der Waals surface area contributed by atoms with Gasteiger partial charge in [-0.2, -0.15) is 0 Å². The van der Waals surface area contributed by atoms with Gasteiger partial charge in [-0.05, 0) is 19.3 Å². The van der Waals surface area contributed by atoms with Crippen molar-refractivity contribution in [2.24, 2.45) is 5.41 Å². The first-order valence-electron chi connectivity index (χ1n) is 4.03. The fourth-order valence-corrected chi connectivity index (χ4v) is 0.445. The molecule has 0 saturated carbocycles. The highest BCUT2D eigenvalue weighted by Crippen LogP contribution is 2.21. The Morgan fingerprint density at radius 3 is 2.25 bits per heavy atom. The van der Waals surface area contributed by atoms with E-state index >= 15 is 0 Å². The summed E-state index contributed by atoms with van der Waals surface area (Å²) in [6.45, 7) is 10.8. The molecule has 0 aromatic rings. The summed E-state index contributed by atoms with van der Waals surface area (Å²) in [5.41, 5.74) is -0.0488. The summed E-state index contributed by atoms with van der Waals surface area (Å²) in [6.07, 6.45) is -0.787. The lowest BCUT2D eigenvalue weighted by Gasteiger charge is -2.26. The molecule has 0 spiro atoms. The lowest BCUT2D eigenvalue weighted by atomic mass is 9.90. The summed E-state index contributed by atoms with van der Waals surface area (Å²) < 4.78 is 9.48. The molecule has 3 nitrogen and oxygen atoms in total. The number of hydrogen-bond acceptors (Lipinski definition) is 3. The van der Waals surface area contributed by atoms with E-state index in [2.05, 4.69) is 4.74 Å². The van der Waals surface area contributed by atoms with E-state index in [0.717, 1.165) is 0 Å². The molecule has 12 heavy (non-hydrogen) atoms. The van der Waals surface area contributed by atoms with E-state index in [-0.39, 0.29) is 11.5 Å². The molecule has 1 unspecified atom stereocenters. The van der Waals surface area contributed by atoms with E-state index < -0.39 is 6.16 Å². The summed E-state index contributed by atoms with van der Waals surface area (Å²) in [5.74, 6) is 0. The van der Waals surface area contributed by atoms with E-state index in [1.165, 1.54) is 6.61 Å². The molecule has 0 aromatic heterocycles. The van der Waals surface area contributed by atoms with Gasteiger partial charge < -0.3 is 9.47 Å². The topological polar surface area (TPSA) is 35.5 Å². The molecule has 0 aliphatic carbocycles. The van der Waals surface area contributed by atoms with Gasteiger partial charge in [0.15, 0.2) is 0 Å². The zero-order valence-electron chi connectivity index (χ0n) is 8.38. The van der Waals surface area contributed by atoms with Crippen LogP contribution in [0.3, 0.4) is 0 Å². The van der Waals surface area contributed by atoms with Gasteiger partial charge in [0.1, 0.15) is 12.7 Å². The third kappa shape index (κ3) is 4.21. The molecule has 71 valence electrons. The minimum absolute atomic E-state index is 0.0488. The molecule has 0 fully saturated rings. The Bertz CT molecular complexity index is 146. The molecule has 0 saturated heterocycles. The van der Waals surface area contributed by atoms with Gasteiger partial charge in [0, 0.05) is 0 Å². The van der Waals surface area contributed by atoms with Crippen molar-refractivity contribution in [3.63, 3.8) is 0 Å². The van der Waals surface area contributed by atoms with Crippen LogP contribution in [0.5, 0.6) is 0 Å². The van der Waals surface area contributed by atoms with Crippen molar-refractivity contribution >= 4 is 6.16 Å². The fraction of sp³-hybridized carbons (Fsp3) is 0.778. The van der Waals surface area contributed by atoms with Crippen LogP contribution in [0.15, 0.2) is 0 Å². The van der Waals surface area contributed by atoms with E-state index in [1.807, 2.05) is 27.7 Å². The van der Waals surface area contributed by atoms with Crippen LogP contribution >= 0.6 is 0 Å². The van der Waals surface area contributed by atoms with Gasteiger partial charge in [0.2, 0.25) is 0 Å². The van der Waals surface area contributed by atoms with Gasteiger partial charge in [0.05, 0.1) is 0 Å². The molecule has 0 amide bonds. The van der Waals surface area contributed by atoms with Crippen LogP contribution in [0, 0.1) is 12.0 Å². The van der Waals surface area contributed by atoms with Crippen molar-refractivity contribution in [2.45, 2.75) is 40.7 Å². The third-order valence-corrected chi connectivity index (χ3v) is 1.71. The van der Waals surface area contributed by atoms with Crippen LogP contribution < -0.4 is 0 Å². The first kappa shape index (κ1) is 11.3. The van der Waals surface area contributed by atoms with Gasteiger partial charge in [0.25, 0.3) is 0 Å². The number of ether oxygens (including phenoxy) is 2. The van der Waals surface area contributed by atoms with Crippen LogP contribution in [0.1, 0.15) is 34.6 Å². The van der Waals surface area contributed by atoms with Crippen LogP contribution in [0.2, 0.25) is 0 Å². The Morgan fingerprint density at radius 1 is 1.42 bits per heavy atom. The lowest BCUT2D eigenvalue weighted by Crippen LogP contribution is -2.28. The lowest BCUT2D eigenvalue weighted by molar-refractivity contribution is 0.00245. The van der Waals surface area contributed by atoms with Gasteiger partial charge >= 0.3 is 6.16 Å². The maximum absolute atomic E-state index is 10.8. The molecular weight excluding hydrogens is 156 g/mol. The monoisotopic (exact) mass is 173 g/mol. The van der Waals surface area contributed by atoms with Crippen molar-refractivity contribution in [3.8, 4) is 0 Å². The second-order valence-corrected chi connectivity index (χ2v) is 3.73. The van der Waals surface area contributed by atoms with Crippen molar-refractivity contribution in [1.82, 2.24) is 0 Å². The minimum atomic E-state index is -0.639. The smallest absolute Gasteiger partial charge is 0.431 e. The molecular formula is C9H17O3. The maximum Gasteiger partial charge on any atom is 0.508 e.